The van der Waals surface area contributed by atoms with Crippen LogP contribution in [0.15, 0.2) is 195 Å². The highest BCUT2D eigenvalue weighted by atomic mass is 28.2. The molecule has 0 unspecified atom stereocenters. The van der Waals surface area contributed by atoms with Crippen LogP contribution in [0.2, 0.25) is 0 Å². The lowest BCUT2D eigenvalue weighted by Crippen LogP contribution is -2.51. The summed E-state index contributed by atoms with van der Waals surface area (Å²) >= 11 is 0. The van der Waals surface area contributed by atoms with Crippen molar-refractivity contribution in [1.82, 2.24) is 9.55 Å². The van der Waals surface area contributed by atoms with Gasteiger partial charge >= 0.3 is 0 Å². The lowest BCUT2D eigenvalue weighted by Gasteiger charge is -2.36. The van der Waals surface area contributed by atoms with E-state index in [0.717, 1.165) is 0 Å². The molecule has 0 saturated heterocycles. The van der Waals surface area contributed by atoms with Gasteiger partial charge in [-0.25, -0.2) is 4.98 Å². The summed E-state index contributed by atoms with van der Waals surface area (Å²) in [6.07, 6.45) is 5.87. The molecule has 0 bridgehead atoms. The van der Waals surface area contributed by atoms with Crippen LogP contribution >= 0.6 is 0 Å². The summed E-state index contributed by atoms with van der Waals surface area (Å²) in [5.74, 6) is 0. The first-order chi connectivity index (χ1) is 22.2. The Balaban J connectivity index is 0.000000167. The zero-order valence-electron chi connectivity index (χ0n) is 25.4. The molecule has 1 heterocycles. The molecule has 0 aliphatic heterocycles. The molecule has 216 valence electrons. The van der Waals surface area contributed by atoms with Crippen LogP contribution in [0.3, 0.4) is 0 Å². The fourth-order valence-corrected chi connectivity index (χ4v) is 7.72. The van der Waals surface area contributed by atoms with Crippen molar-refractivity contribution in [3.8, 4) is 0 Å². The van der Waals surface area contributed by atoms with Crippen molar-refractivity contribution in [3.05, 3.63) is 211 Å². The highest BCUT2D eigenvalue weighted by Gasteiger charge is 2.37. The molecule has 7 rings (SSSR count). The van der Waals surface area contributed by atoms with Crippen LogP contribution in [0, 0.1) is 6.92 Å². The Morgan fingerprint density at radius 1 is 0.533 bits per heavy atom. The lowest BCUT2D eigenvalue weighted by molar-refractivity contribution is 0.596. The summed E-state index contributed by atoms with van der Waals surface area (Å²) in [5, 5.41) is 1.03. The van der Waals surface area contributed by atoms with E-state index in [1.807, 2.05) is 12.5 Å². The maximum atomic E-state index is 4.37. The van der Waals surface area contributed by atoms with Gasteiger partial charge in [-0.2, -0.15) is 0 Å². The Hall–Kier alpha value is -5.19. The van der Waals surface area contributed by atoms with E-state index in [1.54, 1.807) is 0 Å². The predicted molar refractivity (Wildman–Crippen MR) is 192 cm³/mol. The van der Waals surface area contributed by atoms with E-state index in [2.05, 4.69) is 199 Å². The number of aryl methyl sites for hydroxylation is 1. The second-order valence-electron chi connectivity index (χ2n) is 11.1. The minimum absolute atomic E-state index is 0.309. The number of hydrogen-bond acceptors (Lipinski definition) is 1. The summed E-state index contributed by atoms with van der Waals surface area (Å²) in [6, 6.07) is 62.3. The van der Waals surface area contributed by atoms with E-state index in [-0.39, 0.29) is 5.16 Å². The van der Waals surface area contributed by atoms with Gasteiger partial charge in [0.25, 0.3) is 0 Å². The number of aromatic nitrogens is 2. The molecule has 0 aliphatic rings. The van der Waals surface area contributed by atoms with Gasteiger partial charge in [0.05, 0.1) is 11.5 Å². The minimum atomic E-state index is -0.313. The van der Waals surface area contributed by atoms with Crippen molar-refractivity contribution < 1.29 is 0 Å². The molecular formula is C41H35BN2Si. The highest BCUT2D eigenvalue weighted by Crippen LogP contribution is 2.33. The summed E-state index contributed by atoms with van der Waals surface area (Å²) in [5.41, 5.74) is 7.82. The third-order valence-corrected chi connectivity index (χ3v) is 9.81. The molecule has 0 N–H and O–H groups in total. The van der Waals surface area contributed by atoms with Crippen LogP contribution in [0.25, 0.3) is 0 Å². The third-order valence-electron chi connectivity index (χ3n) is 8.02. The SMILES string of the molecule is Cc1cccc([Si]C(c2ccccc2)(c2ccccc2)n2ccnc2)c1.c1ccc(B(c2ccccc2)c2ccccc2)cc1. The van der Waals surface area contributed by atoms with E-state index in [0.29, 0.717) is 16.2 Å². The third kappa shape index (κ3) is 6.98. The fraction of sp³-hybridized carbons (Fsp3) is 0.0488. The molecule has 0 saturated carbocycles. The molecule has 7 aromatic rings. The number of imidazole rings is 1. The van der Waals surface area contributed by atoms with Crippen molar-refractivity contribution in [2.24, 2.45) is 0 Å². The lowest BCUT2D eigenvalue weighted by atomic mass is 9.37. The predicted octanol–water partition coefficient (Wildman–Crippen LogP) is 6.17. The number of hydrogen-bond donors (Lipinski definition) is 0. The van der Waals surface area contributed by atoms with Crippen molar-refractivity contribution in [2.75, 3.05) is 0 Å². The maximum Gasteiger partial charge on any atom is 0.241 e. The topological polar surface area (TPSA) is 17.8 Å². The quantitative estimate of drug-likeness (QED) is 0.193. The molecule has 1 aromatic heterocycles. The van der Waals surface area contributed by atoms with Gasteiger partial charge in [-0.1, -0.05) is 203 Å². The minimum Gasteiger partial charge on any atom is -0.326 e. The van der Waals surface area contributed by atoms with Crippen LogP contribution in [0.1, 0.15) is 16.7 Å². The first-order valence-corrected chi connectivity index (χ1v) is 16.3. The molecule has 6 aromatic carbocycles. The smallest absolute Gasteiger partial charge is 0.241 e. The molecule has 0 spiro atoms. The Kier molecular flexibility index (Phi) is 9.64. The van der Waals surface area contributed by atoms with Crippen molar-refractivity contribution >= 4 is 37.8 Å². The zero-order valence-corrected chi connectivity index (χ0v) is 26.4. The number of benzene rings is 6. The van der Waals surface area contributed by atoms with E-state index in [9.17, 15) is 0 Å². The van der Waals surface area contributed by atoms with Gasteiger partial charge in [-0.05, 0) is 18.1 Å². The normalized spacial score (nSPS) is 10.9. The molecule has 0 aliphatic carbocycles. The summed E-state index contributed by atoms with van der Waals surface area (Å²) < 4.78 is 2.25. The molecule has 4 heteroatoms. The first kappa shape index (κ1) is 29.9. The van der Waals surface area contributed by atoms with Crippen LogP contribution in [-0.4, -0.2) is 25.8 Å². The van der Waals surface area contributed by atoms with Gasteiger partial charge < -0.3 is 4.57 Å². The largest absolute Gasteiger partial charge is 0.326 e. The van der Waals surface area contributed by atoms with Crippen LogP contribution < -0.4 is 21.6 Å². The highest BCUT2D eigenvalue weighted by molar-refractivity contribution is 6.95. The zero-order chi connectivity index (χ0) is 30.7. The van der Waals surface area contributed by atoms with Gasteiger partial charge in [0.1, 0.15) is 9.52 Å². The summed E-state index contributed by atoms with van der Waals surface area (Å²) in [4.78, 5) is 4.37. The number of rotatable bonds is 8. The van der Waals surface area contributed by atoms with Gasteiger partial charge in [0.2, 0.25) is 6.71 Å². The molecule has 0 fully saturated rings. The van der Waals surface area contributed by atoms with Crippen molar-refractivity contribution in [2.45, 2.75) is 12.1 Å². The van der Waals surface area contributed by atoms with Gasteiger partial charge in [0, 0.05) is 12.4 Å². The second kappa shape index (κ2) is 14.5. The van der Waals surface area contributed by atoms with Gasteiger partial charge in [-0.15, -0.1) is 0 Å². The van der Waals surface area contributed by atoms with Crippen LogP contribution in [0.4, 0.5) is 0 Å². The Bertz CT molecular complexity index is 1730. The van der Waals surface area contributed by atoms with E-state index < -0.39 is 0 Å². The Morgan fingerprint density at radius 2 is 0.978 bits per heavy atom. The van der Waals surface area contributed by atoms with E-state index >= 15 is 0 Å². The number of nitrogens with zero attached hydrogens (tertiary/aromatic N) is 2. The van der Waals surface area contributed by atoms with Crippen LogP contribution in [-0.2, 0) is 5.16 Å². The summed E-state index contributed by atoms with van der Waals surface area (Å²) in [6.45, 7) is 2.46. The Labute approximate surface area is 270 Å². The Morgan fingerprint density at radius 3 is 1.38 bits per heavy atom. The second-order valence-corrected chi connectivity index (χ2v) is 12.6. The molecule has 0 amide bonds. The van der Waals surface area contributed by atoms with Crippen LogP contribution in [0.5, 0.6) is 0 Å². The average molecular weight is 595 g/mol. The molecule has 2 radical (unpaired) electrons. The van der Waals surface area contributed by atoms with Crippen molar-refractivity contribution in [3.63, 3.8) is 0 Å². The fourth-order valence-electron chi connectivity index (χ4n) is 5.94. The standard InChI is InChI=1S/C23H20N2Si.C18H15B/c1-19-9-8-14-22(17-19)26-23(25-16-15-24-18-25,20-10-4-2-5-11-20)21-12-6-3-7-13-21;1-4-10-16(11-5-1)19(17-12-6-2-7-13-17)18-14-8-3-9-15-18/h2-18H,1H3;1-15H. The molecule has 0 atom stereocenters. The average Bonchev–Trinajstić information content (AvgIpc) is 3.66. The molecular weight excluding hydrogens is 559 g/mol. The van der Waals surface area contributed by atoms with Gasteiger partial charge in [-0.3, -0.25) is 0 Å². The van der Waals surface area contributed by atoms with E-state index in [1.165, 1.54) is 38.3 Å². The monoisotopic (exact) mass is 594 g/mol. The first-order valence-electron chi connectivity index (χ1n) is 15.3. The van der Waals surface area contributed by atoms with Gasteiger partial charge in [0.15, 0.2) is 0 Å². The van der Waals surface area contributed by atoms with Crippen molar-refractivity contribution in [1.29, 1.82) is 0 Å². The molecule has 45 heavy (non-hydrogen) atoms. The van der Waals surface area contributed by atoms with E-state index in [4.69, 9.17) is 0 Å². The summed E-state index contributed by atoms with van der Waals surface area (Å²) in [7, 11) is 0.535. The maximum absolute atomic E-state index is 4.37. The molecule has 2 nitrogen and oxygen atoms in total.